The third-order valence-electron chi connectivity index (χ3n) is 7.65. The highest BCUT2D eigenvalue weighted by atomic mass is 16.4. The lowest BCUT2D eigenvalue weighted by molar-refractivity contribution is -0.141. The lowest BCUT2D eigenvalue weighted by atomic mass is 9.91. The summed E-state index contributed by atoms with van der Waals surface area (Å²) in [6.45, 7) is 13.9. The van der Waals surface area contributed by atoms with E-state index >= 15 is 0 Å². The molecule has 0 aliphatic carbocycles. The number of carboxylic acid groups (broad SMARTS) is 1. The molecule has 0 heterocycles. The fourth-order valence-corrected chi connectivity index (χ4v) is 5.02. The predicted molar refractivity (Wildman–Crippen MR) is 151 cm³/mol. The Labute approximate surface area is 214 Å². The van der Waals surface area contributed by atoms with Gasteiger partial charge in [0.1, 0.15) is 0 Å². The van der Waals surface area contributed by atoms with E-state index < -0.39 is 5.97 Å². The van der Waals surface area contributed by atoms with Crippen molar-refractivity contribution in [2.75, 3.05) is 0 Å². The lowest BCUT2D eigenvalue weighted by Gasteiger charge is -2.15. The van der Waals surface area contributed by atoms with E-state index in [0.717, 1.165) is 37.0 Å². The van der Waals surface area contributed by atoms with Gasteiger partial charge in [-0.15, -0.1) is 0 Å². The first-order valence-electron chi connectivity index (χ1n) is 15.1. The summed E-state index contributed by atoms with van der Waals surface area (Å²) in [4.78, 5) is 11.7. The summed E-state index contributed by atoms with van der Waals surface area (Å²) in [6, 6.07) is 0. The molecule has 0 bridgehead atoms. The van der Waals surface area contributed by atoms with Gasteiger partial charge in [-0.1, -0.05) is 143 Å². The number of unbranched alkanes of at least 4 members (excludes halogenated alkanes) is 7. The summed E-state index contributed by atoms with van der Waals surface area (Å²) >= 11 is 0. The van der Waals surface area contributed by atoms with Crippen molar-refractivity contribution in [3.05, 3.63) is 11.6 Å². The van der Waals surface area contributed by atoms with Gasteiger partial charge in [-0.25, -0.2) is 0 Å². The molecule has 0 saturated heterocycles. The van der Waals surface area contributed by atoms with Gasteiger partial charge in [0.25, 0.3) is 0 Å². The average Bonchev–Trinajstić information content (AvgIpc) is 2.77. The molecule has 34 heavy (non-hydrogen) atoms. The van der Waals surface area contributed by atoms with E-state index in [0.29, 0.717) is 6.42 Å². The van der Waals surface area contributed by atoms with Crippen LogP contribution in [0.2, 0.25) is 0 Å². The first kappa shape index (κ1) is 33.2. The van der Waals surface area contributed by atoms with Crippen LogP contribution in [0.25, 0.3) is 0 Å². The van der Waals surface area contributed by atoms with Crippen molar-refractivity contribution in [1.29, 1.82) is 0 Å². The fraction of sp³-hybridized carbons (Fsp3) is 0.906. The van der Waals surface area contributed by atoms with Gasteiger partial charge in [0.15, 0.2) is 0 Å². The molecule has 202 valence electrons. The van der Waals surface area contributed by atoms with Gasteiger partial charge in [0.05, 0.1) is 5.92 Å². The number of allylic oxidation sites excluding steroid dienone is 2. The maximum absolute atomic E-state index is 11.7. The molecule has 0 amide bonds. The van der Waals surface area contributed by atoms with Crippen LogP contribution < -0.4 is 0 Å². The number of hydrogen-bond donors (Lipinski definition) is 1. The maximum atomic E-state index is 11.7. The van der Waals surface area contributed by atoms with Gasteiger partial charge in [-0.05, 0) is 50.4 Å². The van der Waals surface area contributed by atoms with Crippen molar-refractivity contribution in [1.82, 2.24) is 0 Å². The fourth-order valence-electron chi connectivity index (χ4n) is 5.02. The molecular weight excluding hydrogens is 416 g/mol. The predicted octanol–water partition coefficient (Wildman–Crippen LogP) is 11.0. The van der Waals surface area contributed by atoms with E-state index in [1.165, 1.54) is 102 Å². The number of carbonyl (C=O) groups is 1. The third kappa shape index (κ3) is 21.7. The van der Waals surface area contributed by atoms with Gasteiger partial charge in [-0.2, -0.15) is 0 Å². The number of aliphatic carboxylic acids is 1. The van der Waals surface area contributed by atoms with Crippen molar-refractivity contribution >= 4 is 5.97 Å². The maximum Gasteiger partial charge on any atom is 0.306 e. The van der Waals surface area contributed by atoms with Crippen LogP contribution in [0.5, 0.6) is 0 Å². The van der Waals surface area contributed by atoms with Gasteiger partial charge >= 0.3 is 5.97 Å². The van der Waals surface area contributed by atoms with Gasteiger partial charge in [-0.3, -0.25) is 4.79 Å². The molecule has 3 atom stereocenters. The minimum atomic E-state index is -0.612. The summed E-state index contributed by atoms with van der Waals surface area (Å²) in [7, 11) is 0. The Bertz CT molecular complexity index is 493. The van der Waals surface area contributed by atoms with Gasteiger partial charge in [0.2, 0.25) is 0 Å². The second kappa shape index (κ2) is 22.7. The second-order valence-corrected chi connectivity index (χ2v) is 11.9. The summed E-state index contributed by atoms with van der Waals surface area (Å²) in [5, 5.41) is 9.60. The Morgan fingerprint density at radius 1 is 0.676 bits per heavy atom. The molecule has 0 radical (unpaired) electrons. The highest BCUT2D eigenvalue weighted by Crippen LogP contribution is 2.23. The van der Waals surface area contributed by atoms with E-state index in [1.54, 1.807) is 0 Å². The van der Waals surface area contributed by atoms with Crippen molar-refractivity contribution in [2.24, 2.45) is 23.7 Å². The molecule has 0 rings (SSSR count). The number of rotatable bonds is 24. The Hall–Kier alpha value is -0.790. The standard InChI is InChI=1S/C32H62O2/c1-7-8-9-10-11-12-13-14-24-31(32(33)34)26-25-30(6)23-17-22-29(5)21-16-20-28(4)19-15-18-27(2)3/h25,27-29,31H,7-24,26H2,1-6H3,(H,33,34)/b30-25+/t28-,29-,31?/m1/s1. The first-order valence-corrected chi connectivity index (χ1v) is 15.1. The Balaban J connectivity index is 3.92. The van der Waals surface area contributed by atoms with Crippen LogP contribution >= 0.6 is 0 Å². The monoisotopic (exact) mass is 478 g/mol. The molecule has 2 nitrogen and oxygen atoms in total. The van der Waals surface area contributed by atoms with Crippen LogP contribution in [0.15, 0.2) is 11.6 Å². The normalized spacial score (nSPS) is 15.0. The Morgan fingerprint density at radius 2 is 1.18 bits per heavy atom. The van der Waals surface area contributed by atoms with Crippen LogP contribution in [0.1, 0.15) is 164 Å². The molecule has 0 aromatic rings. The second-order valence-electron chi connectivity index (χ2n) is 11.9. The van der Waals surface area contributed by atoms with Crippen molar-refractivity contribution in [3.63, 3.8) is 0 Å². The van der Waals surface area contributed by atoms with Crippen molar-refractivity contribution in [3.8, 4) is 0 Å². The minimum Gasteiger partial charge on any atom is -0.481 e. The van der Waals surface area contributed by atoms with E-state index in [-0.39, 0.29) is 5.92 Å². The summed E-state index contributed by atoms with van der Waals surface area (Å²) in [5.74, 6) is 1.72. The third-order valence-corrected chi connectivity index (χ3v) is 7.65. The number of carboxylic acids is 1. The molecular formula is C32H62O2. The minimum absolute atomic E-state index is 0.198. The first-order chi connectivity index (χ1) is 16.3. The molecule has 0 spiro atoms. The zero-order valence-corrected chi connectivity index (χ0v) is 24.2. The quantitative estimate of drug-likeness (QED) is 0.111. The zero-order valence-electron chi connectivity index (χ0n) is 24.2. The summed E-state index contributed by atoms with van der Waals surface area (Å²) in [5.41, 5.74) is 1.38. The van der Waals surface area contributed by atoms with E-state index in [2.05, 4.69) is 47.6 Å². The Kier molecular flexibility index (Phi) is 22.1. The van der Waals surface area contributed by atoms with E-state index in [4.69, 9.17) is 0 Å². The van der Waals surface area contributed by atoms with Crippen LogP contribution in [0.4, 0.5) is 0 Å². The molecule has 0 saturated carbocycles. The summed E-state index contributed by atoms with van der Waals surface area (Å²) < 4.78 is 0. The molecule has 1 N–H and O–H groups in total. The van der Waals surface area contributed by atoms with Crippen LogP contribution in [-0.4, -0.2) is 11.1 Å². The van der Waals surface area contributed by atoms with E-state index in [9.17, 15) is 9.90 Å². The summed E-state index contributed by atoms with van der Waals surface area (Å²) in [6.07, 6.45) is 25.9. The topological polar surface area (TPSA) is 37.3 Å². The van der Waals surface area contributed by atoms with Crippen molar-refractivity contribution < 1.29 is 9.90 Å². The largest absolute Gasteiger partial charge is 0.481 e. The Morgan fingerprint density at radius 3 is 1.71 bits per heavy atom. The molecule has 0 aromatic carbocycles. The van der Waals surface area contributed by atoms with Gasteiger partial charge < -0.3 is 5.11 Å². The molecule has 2 heteroatoms. The molecule has 0 aliphatic rings. The molecule has 0 fully saturated rings. The highest BCUT2D eigenvalue weighted by Gasteiger charge is 2.15. The van der Waals surface area contributed by atoms with Gasteiger partial charge in [0, 0.05) is 0 Å². The highest BCUT2D eigenvalue weighted by molar-refractivity contribution is 5.70. The lowest BCUT2D eigenvalue weighted by Crippen LogP contribution is -2.13. The van der Waals surface area contributed by atoms with Crippen molar-refractivity contribution in [2.45, 2.75) is 164 Å². The molecule has 0 aliphatic heterocycles. The van der Waals surface area contributed by atoms with E-state index in [1.807, 2.05) is 0 Å². The van der Waals surface area contributed by atoms with Crippen LogP contribution in [-0.2, 0) is 4.79 Å². The smallest absolute Gasteiger partial charge is 0.306 e. The SMILES string of the molecule is CCCCCCCCCCC(C/C=C(\C)CCC[C@H](C)CCC[C@H](C)CCCC(C)C)C(=O)O. The van der Waals surface area contributed by atoms with Crippen LogP contribution in [0.3, 0.4) is 0 Å². The number of hydrogen-bond acceptors (Lipinski definition) is 1. The molecule has 0 aromatic heterocycles. The average molecular weight is 479 g/mol. The zero-order chi connectivity index (χ0) is 25.6. The van der Waals surface area contributed by atoms with Crippen LogP contribution in [0, 0.1) is 23.7 Å². The molecule has 1 unspecified atom stereocenters.